The molecule has 140 valence electrons. The van der Waals surface area contributed by atoms with Gasteiger partial charge in [0, 0.05) is 23.5 Å². The molecule has 4 atom stereocenters. The quantitative estimate of drug-likeness (QED) is 0.763. The van der Waals surface area contributed by atoms with Gasteiger partial charge in [0.05, 0.1) is 5.02 Å². The minimum atomic E-state index is -0.188. The average Bonchev–Trinajstić information content (AvgIpc) is 3.11. The number of allylic oxidation sites excluding steroid dienone is 1. The summed E-state index contributed by atoms with van der Waals surface area (Å²) in [5.41, 5.74) is 7.84. The summed E-state index contributed by atoms with van der Waals surface area (Å²) in [5, 5.41) is 1.86. The number of ether oxygens (including phenoxy) is 1. The van der Waals surface area contributed by atoms with Gasteiger partial charge in [-0.05, 0) is 72.6 Å². The molecule has 1 aromatic carbocycles. The number of benzene rings is 1. The number of nitrogens with two attached hydrogens (primary N) is 1. The smallest absolute Gasteiger partial charge is 0.255 e. The fourth-order valence-electron chi connectivity index (χ4n) is 5.64. The Balaban J connectivity index is 1.55. The van der Waals surface area contributed by atoms with Crippen molar-refractivity contribution in [1.82, 2.24) is 4.98 Å². The lowest BCUT2D eigenvalue weighted by atomic mass is 9.81. The molecule has 2 aromatic rings. The van der Waals surface area contributed by atoms with E-state index in [2.05, 4.69) is 11.6 Å². The van der Waals surface area contributed by atoms with Crippen LogP contribution in [0.2, 0.25) is 5.02 Å². The number of rotatable bonds is 4. The van der Waals surface area contributed by atoms with Gasteiger partial charge in [-0.2, -0.15) is 0 Å². The molecule has 0 amide bonds. The summed E-state index contributed by atoms with van der Waals surface area (Å²) in [4.78, 5) is 14.7. The van der Waals surface area contributed by atoms with Gasteiger partial charge in [-0.25, -0.2) is 0 Å². The molecule has 4 nitrogen and oxygen atoms in total. The van der Waals surface area contributed by atoms with Crippen LogP contribution in [0.25, 0.3) is 10.8 Å². The number of nitrogens with one attached hydrogen (secondary N) is 1. The predicted molar refractivity (Wildman–Crippen MR) is 108 cm³/mol. The lowest BCUT2D eigenvalue weighted by molar-refractivity contribution is 0.283. The van der Waals surface area contributed by atoms with Crippen molar-refractivity contribution in [3.05, 3.63) is 63.8 Å². The highest BCUT2D eigenvalue weighted by molar-refractivity contribution is 6.32. The molecule has 0 aliphatic heterocycles. The molecule has 0 saturated heterocycles. The zero-order valence-electron chi connectivity index (χ0n) is 15.1. The Morgan fingerprint density at radius 3 is 3.07 bits per heavy atom. The fourth-order valence-corrected chi connectivity index (χ4v) is 5.85. The standard InChI is InChI=1S/C22H23ClN2O2/c1-2-4-22(24)11-16-15-6-12(7-17(15)22)8-19(16)27-20-9-13-3-5-25-21(26)14(13)10-18(20)23/h2-3,5,9-10,12,15,17H,1,4,6-8,11,24H2,(H,25,26). The van der Waals surface area contributed by atoms with Gasteiger partial charge in [-0.3, -0.25) is 4.79 Å². The first kappa shape index (κ1) is 17.1. The summed E-state index contributed by atoms with van der Waals surface area (Å²) in [6, 6.07) is 5.42. The van der Waals surface area contributed by atoms with Crippen molar-refractivity contribution in [3.8, 4) is 5.75 Å². The number of H-pyrrole nitrogens is 1. The van der Waals surface area contributed by atoms with E-state index in [0.717, 1.165) is 30.4 Å². The molecule has 3 N–H and O–H groups in total. The molecule has 0 radical (unpaired) electrons. The largest absolute Gasteiger partial charge is 0.460 e. The normalized spacial score (nSPS) is 31.6. The van der Waals surface area contributed by atoms with Crippen LogP contribution in [-0.2, 0) is 0 Å². The molecule has 1 aromatic heterocycles. The van der Waals surface area contributed by atoms with Crippen LogP contribution < -0.4 is 16.0 Å². The minimum absolute atomic E-state index is 0.144. The van der Waals surface area contributed by atoms with E-state index in [1.807, 2.05) is 18.2 Å². The Hall–Kier alpha value is -2.04. The number of hydrogen-bond donors (Lipinski definition) is 2. The first-order chi connectivity index (χ1) is 13.0. The number of hydrogen-bond acceptors (Lipinski definition) is 3. The maximum absolute atomic E-state index is 12.0. The van der Waals surface area contributed by atoms with Gasteiger partial charge in [0.25, 0.3) is 5.56 Å². The highest BCUT2D eigenvalue weighted by atomic mass is 35.5. The van der Waals surface area contributed by atoms with E-state index in [4.69, 9.17) is 22.1 Å². The highest BCUT2D eigenvalue weighted by Gasteiger charge is 2.56. The van der Waals surface area contributed by atoms with Crippen molar-refractivity contribution in [2.75, 3.05) is 0 Å². The van der Waals surface area contributed by atoms with Crippen molar-refractivity contribution in [1.29, 1.82) is 0 Å². The van der Waals surface area contributed by atoms with Crippen LogP contribution in [0.3, 0.4) is 0 Å². The van der Waals surface area contributed by atoms with E-state index in [9.17, 15) is 4.79 Å². The van der Waals surface area contributed by atoms with Crippen molar-refractivity contribution in [2.24, 2.45) is 23.5 Å². The molecule has 27 heavy (non-hydrogen) atoms. The van der Waals surface area contributed by atoms with Crippen LogP contribution in [-0.4, -0.2) is 10.5 Å². The van der Waals surface area contributed by atoms with E-state index < -0.39 is 0 Å². The van der Waals surface area contributed by atoms with Gasteiger partial charge < -0.3 is 15.5 Å². The Kier molecular flexibility index (Phi) is 3.78. The van der Waals surface area contributed by atoms with Crippen LogP contribution in [0.1, 0.15) is 32.1 Å². The highest BCUT2D eigenvalue weighted by Crippen LogP contribution is 2.60. The zero-order valence-corrected chi connectivity index (χ0v) is 15.9. The topological polar surface area (TPSA) is 68.1 Å². The first-order valence-electron chi connectivity index (χ1n) is 9.59. The number of pyridine rings is 1. The summed E-state index contributed by atoms with van der Waals surface area (Å²) >= 11 is 6.45. The van der Waals surface area contributed by atoms with E-state index in [-0.39, 0.29) is 11.1 Å². The number of fused-ring (bicyclic) bond motifs is 2. The van der Waals surface area contributed by atoms with Crippen LogP contribution in [0, 0.1) is 17.8 Å². The van der Waals surface area contributed by atoms with E-state index in [1.165, 1.54) is 18.4 Å². The van der Waals surface area contributed by atoms with Crippen molar-refractivity contribution < 1.29 is 4.74 Å². The second-order valence-electron chi connectivity index (χ2n) is 8.38. The number of aromatic nitrogens is 1. The monoisotopic (exact) mass is 382 g/mol. The van der Waals surface area contributed by atoms with Gasteiger partial charge in [0.1, 0.15) is 11.5 Å². The maximum Gasteiger partial charge on any atom is 0.255 e. The van der Waals surface area contributed by atoms with Crippen LogP contribution in [0.5, 0.6) is 5.75 Å². The molecule has 4 unspecified atom stereocenters. The van der Waals surface area contributed by atoms with Gasteiger partial charge in [-0.1, -0.05) is 17.7 Å². The third-order valence-corrected chi connectivity index (χ3v) is 7.08. The summed E-state index contributed by atoms with van der Waals surface area (Å²) in [7, 11) is 0. The number of aromatic amines is 1. The molecule has 1 heterocycles. The minimum Gasteiger partial charge on any atom is -0.460 e. The van der Waals surface area contributed by atoms with E-state index in [0.29, 0.717) is 33.9 Å². The number of halogens is 1. The van der Waals surface area contributed by atoms with Crippen LogP contribution >= 0.6 is 11.6 Å². The summed E-state index contributed by atoms with van der Waals surface area (Å²) in [5.74, 6) is 3.36. The SMILES string of the molecule is C=CCC1(N)CC2=C(Oc3cc4cc[nH]c(=O)c4cc3Cl)CC3CC2C1C3. The molecule has 2 bridgehead atoms. The molecule has 0 spiro atoms. The van der Waals surface area contributed by atoms with Crippen LogP contribution in [0.4, 0.5) is 0 Å². The molecular weight excluding hydrogens is 360 g/mol. The van der Waals surface area contributed by atoms with Gasteiger partial charge in [0.15, 0.2) is 0 Å². The molecule has 3 aliphatic rings. The van der Waals surface area contributed by atoms with E-state index in [1.54, 1.807) is 12.3 Å². The zero-order chi connectivity index (χ0) is 18.8. The van der Waals surface area contributed by atoms with Crippen molar-refractivity contribution in [3.63, 3.8) is 0 Å². The van der Waals surface area contributed by atoms with Gasteiger partial charge >= 0.3 is 0 Å². The second-order valence-corrected chi connectivity index (χ2v) is 8.79. The van der Waals surface area contributed by atoms with Gasteiger partial charge in [0.2, 0.25) is 0 Å². The lowest BCUT2D eigenvalue weighted by Crippen LogP contribution is -2.43. The maximum atomic E-state index is 12.0. The lowest BCUT2D eigenvalue weighted by Gasteiger charge is -2.31. The molecular formula is C22H23ClN2O2. The first-order valence-corrected chi connectivity index (χ1v) is 9.97. The Bertz CT molecular complexity index is 1040. The van der Waals surface area contributed by atoms with Crippen LogP contribution in [0.15, 0.2) is 53.2 Å². The van der Waals surface area contributed by atoms with Crippen molar-refractivity contribution >= 4 is 22.4 Å². The summed E-state index contributed by atoms with van der Waals surface area (Å²) in [6.45, 7) is 3.91. The Morgan fingerprint density at radius 2 is 2.26 bits per heavy atom. The second kappa shape index (κ2) is 5.98. The molecule has 2 saturated carbocycles. The van der Waals surface area contributed by atoms with E-state index >= 15 is 0 Å². The molecule has 5 rings (SSSR count). The third kappa shape index (κ3) is 2.58. The Morgan fingerprint density at radius 1 is 1.41 bits per heavy atom. The molecule has 2 fully saturated rings. The molecule has 3 aliphatic carbocycles. The average molecular weight is 383 g/mol. The predicted octanol–water partition coefficient (Wildman–Crippen LogP) is 4.54. The summed E-state index contributed by atoms with van der Waals surface area (Å²) < 4.78 is 6.37. The Labute approximate surface area is 163 Å². The van der Waals surface area contributed by atoms with Gasteiger partial charge in [-0.15, -0.1) is 6.58 Å². The fraction of sp³-hybridized carbons (Fsp3) is 0.409. The molecule has 5 heteroatoms. The van der Waals surface area contributed by atoms with Crippen molar-refractivity contribution in [2.45, 2.75) is 37.6 Å². The summed E-state index contributed by atoms with van der Waals surface area (Å²) in [6.07, 6.45) is 8.67. The third-order valence-electron chi connectivity index (χ3n) is 6.78.